The Morgan fingerprint density at radius 1 is 1.28 bits per heavy atom. The van der Waals surface area contributed by atoms with Crippen LogP contribution in [0.25, 0.3) is 11.4 Å². The monoisotopic (exact) mass is 243 g/mol. The van der Waals surface area contributed by atoms with E-state index < -0.39 is 0 Å². The molecular formula is C13H17N5. The molecular weight excluding hydrogens is 226 g/mol. The zero-order valence-electron chi connectivity index (χ0n) is 10.5. The van der Waals surface area contributed by atoms with Gasteiger partial charge in [-0.3, -0.25) is 0 Å². The van der Waals surface area contributed by atoms with Crippen molar-refractivity contribution >= 4 is 5.69 Å². The number of aryl methyl sites for hydroxylation is 1. The predicted octanol–water partition coefficient (Wildman–Crippen LogP) is 2.35. The molecule has 1 aliphatic rings. The van der Waals surface area contributed by atoms with Crippen molar-refractivity contribution in [3.63, 3.8) is 0 Å². The number of nitrogens with two attached hydrogens (primary N) is 1. The summed E-state index contributed by atoms with van der Waals surface area (Å²) in [4.78, 5) is 0. The largest absolute Gasteiger partial charge is 0.399 e. The number of nitrogen functional groups attached to an aromatic ring is 1. The topological polar surface area (TPSA) is 69.6 Å². The molecule has 0 amide bonds. The number of hydrogen-bond acceptors (Lipinski definition) is 4. The summed E-state index contributed by atoms with van der Waals surface area (Å²) in [6.07, 6.45) is 4.88. The third-order valence-corrected chi connectivity index (χ3v) is 3.69. The first-order chi connectivity index (χ1) is 8.75. The second-order valence-electron chi connectivity index (χ2n) is 4.96. The van der Waals surface area contributed by atoms with E-state index in [4.69, 9.17) is 5.73 Å². The van der Waals surface area contributed by atoms with Gasteiger partial charge >= 0.3 is 0 Å². The molecule has 5 heteroatoms. The van der Waals surface area contributed by atoms with Gasteiger partial charge in [-0.25, -0.2) is 4.68 Å². The number of rotatable bonds is 2. The average molecular weight is 243 g/mol. The second kappa shape index (κ2) is 4.40. The Morgan fingerprint density at radius 2 is 2.06 bits per heavy atom. The summed E-state index contributed by atoms with van der Waals surface area (Å²) in [5.41, 5.74) is 8.75. The van der Waals surface area contributed by atoms with Crippen molar-refractivity contribution in [2.75, 3.05) is 5.73 Å². The Bertz CT molecular complexity index is 554. The third-order valence-electron chi connectivity index (χ3n) is 3.69. The fraction of sp³-hybridized carbons (Fsp3) is 0.462. The highest BCUT2D eigenvalue weighted by atomic mass is 15.5. The van der Waals surface area contributed by atoms with Crippen molar-refractivity contribution in [3.05, 3.63) is 23.8 Å². The molecule has 0 saturated heterocycles. The molecule has 1 aliphatic carbocycles. The number of tetrazole rings is 1. The van der Waals surface area contributed by atoms with Crippen molar-refractivity contribution in [2.45, 2.75) is 38.6 Å². The van der Waals surface area contributed by atoms with Crippen LogP contribution in [0.1, 0.15) is 37.3 Å². The van der Waals surface area contributed by atoms with Crippen molar-refractivity contribution in [1.29, 1.82) is 0 Å². The smallest absolute Gasteiger partial charge is 0.182 e. The molecule has 0 bridgehead atoms. The first-order valence-corrected chi connectivity index (χ1v) is 6.40. The molecule has 2 N–H and O–H groups in total. The highest BCUT2D eigenvalue weighted by molar-refractivity contribution is 5.61. The molecule has 0 atom stereocenters. The van der Waals surface area contributed by atoms with Crippen molar-refractivity contribution in [2.24, 2.45) is 0 Å². The van der Waals surface area contributed by atoms with Crippen molar-refractivity contribution in [3.8, 4) is 11.4 Å². The van der Waals surface area contributed by atoms with Crippen LogP contribution in [0.5, 0.6) is 0 Å². The minimum atomic E-state index is 0.452. The normalized spacial score (nSPS) is 16.3. The molecule has 94 valence electrons. The molecule has 2 aromatic rings. The summed E-state index contributed by atoms with van der Waals surface area (Å²) in [6.45, 7) is 2.00. The Labute approximate surface area is 106 Å². The highest BCUT2D eigenvalue weighted by Crippen LogP contribution is 2.32. The molecule has 0 unspecified atom stereocenters. The molecule has 1 aromatic heterocycles. The molecule has 0 radical (unpaired) electrons. The lowest BCUT2D eigenvalue weighted by Gasteiger charge is -2.11. The summed E-state index contributed by atoms with van der Waals surface area (Å²) in [7, 11) is 0. The van der Waals surface area contributed by atoms with Crippen molar-refractivity contribution < 1.29 is 0 Å². The fourth-order valence-electron chi connectivity index (χ4n) is 2.59. The number of benzene rings is 1. The van der Waals surface area contributed by atoms with E-state index in [9.17, 15) is 0 Å². The number of hydrogen-bond donors (Lipinski definition) is 1. The van der Waals surface area contributed by atoms with E-state index in [1.165, 1.54) is 25.7 Å². The third kappa shape index (κ3) is 1.85. The molecule has 0 spiro atoms. The minimum Gasteiger partial charge on any atom is -0.399 e. The summed E-state index contributed by atoms with van der Waals surface area (Å²) in [5.74, 6) is 0.852. The second-order valence-corrected chi connectivity index (χ2v) is 4.96. The molecule has 1 heterocycles. The quantitative estimate of drug-likeness (QED) is 0.822. The van der Waals surface area contributed by atoms with Crippen LogP contribution in [0.3, 0.4) is 0 Å². The average Bonchev–Trinajstić information content (AvgIpc) is 3.00. The molecule has 5 nitrogen and oxygen atoms in total. The Kier molecular flexibility index (Phi) is 2.74. The van der Waals surface area contributed by atoms with Gasteiger partial charge < -0.3 is 5.73 Å². The molecule has 18 heavy (non-hydrogen) atoms. The molecule has 1 aromatic carbocycles. The van der Waals surface area contributed by atoms with E-state index in [2.05, 4.69) is 15.5 Å². The first kappa shape index (κ1) is 11.2. The fourth-order valence-corrected chi connectivity index (χ4v) is 2.59. The minimum absolute atomic E-state index is 0.452. The van der Waals surface area contributed by atoms with Gasteiger partial charge in [0, 0.05) is 11.3 Å². The van der Waals surface area contributed by atoms with Gasteiger partial charge in [0.25, 0.3) is 0 Å². The predicted molar refractivity (Wildman–Crippen MR) is 69.9 cm³/mol. The summed E-state index contributed by atoms with van der Waals surface area (Å²) in [5, 5.41) is 12.1. The van der Waals surface area contributed by atoms with Crippen molar-refractivity contribution in [1.82, 2.24) is 20.2 Å². The van der Waals surface area contributed by atoms with Gasteiger partial charge in [0.15, 0.2) is 5.82 Å². The van der Waals surface area contributed by atoms with E-state index in [1.54, 1.807) is 0 Å². The van der Waals surface area contributed by atoms with E-state index in [-0.39, 0.29) is 0 Å². The van der Waals surface area contributed by atoms with Crippen LogP contribution in [-0.2, 0) is 0 Å². The van der Waals surface area contributed by atoms with Gasteiger partial charge in [-0.05, 0) is 54.0 Å². The summed E-state index contributed by atoms with van der Waals surface area (Å²) in [6, 6.07) is 6.40. The van der Waals surface area contributed by atoms with Crippen LogP contribution >= 0.6 is 0 Å². The molecule has 0 aliphatic heterocycles. The summed E-state index contributed by atoms with van der Waals surface area (Å²) >= 11 is 0. The lowest BCUT2D eigenvalue weighted by Crippen LogP contribution is -2.08. The number of aromatic nitrogens is 4. The zero-order valence-corrected chi connectivity index (χ0v) is 10.5. The maximum absolute atomic E-state index is 5.84. The van der Waals surface area contributed by atoms with E-state index in [0.717, 1.165) is 22.6 Å². The van der Waals surface area contributed by atoms with Gasteiger partial charge in [-0.2, -0.15) is 0 Å². The van der Waals surface area contributed by atoms with Crippen LogP contribution < -0.4 is 5.73 Å². The Balaban J connectivity index is 2.00. The van der Waals surface area contributed by atoms with Crippen LogP contribution in [0.4, 0.5) is 5.69 Å². The Hall–Kier alpha value is -1.91. The maximum atomic E-state index is 5.84. The number of anilines is 1. The van der Waals surface area contributed by atoms with Crippen LogP contribution in [0.15, 0.2) is 18.2 Å². The molecule has 1 saturated carbocycles. The first-order valence-electron chi connectivity index (χ1n) is 6.40. The lowest BCUT2D eigenvalue weighted by atomic mass is 10.1. The van der Waals surface area contributed by atoms with E-state index >= 15 is 0 Å². The van der Waals surface area contributed by atoms with Gasteiger partial charge in [-0.1, -0.05) is 12.8 Å². The lowest BCUT2D eigenvalue weighted by molar-refractivity contribution is 0.458. The Morgan fingerprint density at radius 3 is 2.78 bits per heavy atom. The maximum Gasteiger partial charge on any atom is 0.182 e. The molecule has 3 rings (SSSR count). The van der Waals surface area contributed by atoms with Gasteiger partial charge in [-0.15, -0.1) is 5.10 Å². The number of nitrogens with zero attached hydrogens (tertiary/aromatic N) is 4. The van der Waals surface area contributed by atoms with Gasteiger partial charge in [0.2, 0.25) is 0 Å². The molecule has 1 fully saturated rings. The van der Waals surface area contributed by atoms with Crippen LogP contribution in [0, 0.1) is 6.92 Å². The van der Waals surface area contributed by atoms with Crippen LogP contribution in [-0.4, -0.2) is 20.2 Å². The highest BCUT2D eigenvalue weighted by Gasteiger charge is 2.22. The SMILES string of the molecule is Cc1cc(-c2nnnn2C2CCCC2)ccc1N. The van der Waals surface area contributed by atoms with E-state index in [0.29, 0.717) is 6.04 Å². The van der Waals surface area contributed by atoms with E-state index in [1.807, 2.05) is 29.8 Å². The van der Waals surface area contributed by atoms with Gasteiger partial charge in [0.05, 0.1) is 6.04 Å². The standard InChI is InChI=1S/C13H17N5/c1-9-8-10(6-7-12(9)14)13-15-16-17-18(13)11-4-2-3-5-11/h6-8,11H,2-5,14H2,1H3. The summed E-state index contributed by atoms with van der Waals surface area (Å²) < 4.78 is 1.97. The zero-order chi connectivity index (χ0) is 12.5. The van der Waals surface area contributed by atoms with Crippen LogP contribution in [0.2, 0.25) is 0 Å². The van der Waals surface area contributed by atoms with Gasteiger partial charge in [0.1, 0.15) is 0 Å².